The van der Waals surface area contributed by atoms with E-state index in [4.69, 9.17) is 0 Å². The van der Waals surface area contributed by atoms with Crippen LogP contribution in [-0.4, -0.2) is 79.1 Å². The third-order valence-electron chi connectivity index (χ3n) is 5.41. The van der Waals surface area contributed by atoms with Gasteiger partial charge in [0, 0.05) is 67.0 Å². The summed E-state index contributed by atoms with van der Waals surface area (Å²) in [4.78, 5) is 38.9. The summed E-state index contributed by atoms with van der Waals surface area (Å²) >= 11 is 0. The van der Waals surface area contributed by atoms with Gasteiger partial charge in [-0.1, -0.05) is 34.6 Å². The van der Waals surface area contributed by atoms with Crippen LogP contribution < -0.4 is 5.32 Å². The lowest BCUT2D eigenvalue weighted by Crippen LogP contribution is -2.52. The number of H-pyrrole nitrogens is 1. The van der Waals surface area contributed by atoms with Crippen LogP contribution in [-0.2, 0) is 4.79 Å². The molecule has 0 aliphatic carbocycles. The van der Waals surface area contributed by atoms with Gasteiger partial charge in [0.15, 0.2) is 5.78 Å². The van der Waals surface area contributed by atoms with Crippen molar-refractivity contribution in [3.63, 3.8) is 0 Å². The first-order valence-electron chi connectivity index (χ1n) is 12.8. The van der Waals surface area contributed by atoms with E-state index in [-0.39, 0.29) is 5.78 Å². The van der Waals surface area contributed by atoms with Gasteiger partial charge in [-0.2, -0.15) is 0 Å². The zero-order chi connectivity index (χ0) is 27.6. The Kier molecular flexibility index (Phi) is 19.6. The number of fused-ring (bicyclic) bond motifs is 1. The van der Waals surface area contributed by atoms with Crippen LogP contribution in [0.15, 0.2) is 18.3 Å². The number of carbonyl (C=O) groups excluding carboxylic acids is 3. The Balaban J connectivity index is 0. The number of aromatic nitrogens is 1. The summed E-state index contributed by atoms with van der Waals surface area (Å²) in [7, 11) is 3.96. The Morgan fingerprint density at radius 2 is 1.77 bits per heavy atom. The number of carbonyl (C=O) groups is 3. The summed E-state index contributed by atoms with van der Waals surface area (Å²) in [5, 5.41) is 4.24. The summed E-state index contributed by atoms with van der Waals surface area (Å²) in [6.45, 7) is 21.1. The third-order valence-corrected chi connectivity index (χ3v) is 5.41. The molecule has 35 heavy (non-hydrogen) atoms. The molecule has 2 aromatic rings. The van der Waals surface area contributed by atoms with Crippen molar-refractivity contribution in [1.29, 1.82) is 0 Å². The molecule has 7 nitrogen and oxygen atoms in total. The number of hydrogen-bond acceptors (Lipinski definition) is 5. The van der Waals surface area contributed by atoms with Gasteiger partial charge in [-0.25, -0.2) is 0 Å². The van der Waals surface area contributed by atoms with Crippen LogP contribution in [0.1, 0.15) is 88.1 Å². The second-order valence-corrected chi connectivity index (χ2v) is 8.31. The quantitative estimate of drug-likeness (QED) is 0.437. The number of nitrogens with one attached hydrogen (secondary N) is 2. The number of amides is 1. The van der Waals surface area contributed by atoms with E-state index in [1.54, 1.807) is 24.2 Å². The molecule has 200 valence electrons. The first-order valence-corrected chi connectivity index (χ1v) is 12.8. The third kappa shape index (κ3) is 12.7. The van der Waals surface area contributed by atoms with Gasteiger partial charge >= 0.3 is 0 Å². The number of aldehydes is 1. The number of nitrogens with zero attached hydrogens (tertiary/aromatic N) is 2. The molecule has 0 bridgehead atoms. The summed E-state index contributed by atoms with van der Waals surface area (Å²) < 4.78 is 0. The van der Waals surface area contributed by atoms with Crippen molar-refractivity contribution in [3.05, 3.63) is 35.0 Å². The number of hydrogen-bond donors (Lipinski definition) is 2. The molecule has 2 heterocycles. The number of likely N-dealkylation sites (N-methyl/N-ethyl adjacent to an activating group) is 1. The molecular formula is C28H50N4O3. The summed E-state index contributed by atoms with van der Waals surface area (Å²) in [6, 6.07) is 5.02. The largest absolute Gasteiger partial charge is 0.360 e. The fraction of sp³-hybridized carbons (Fsp3) is 0.607. The molecule has 1 aromatic carbocycles. The smallest absolute Gasteiger partial charge is 0.209 e. The SMILES string of the molecule is CC.CC.CC(=O)c1c[nH]c2cc(C)c(C=O)cc12.CC1CN[C@@H](C)CN1C.CCCN(C)C=O. The molecule has 1 aliphatic rings. The lowest BCUT2D eigenvalue weighted by molar-refractivity contribution is -0.117. The topological polar surface area (TPSA) is 85.5 Å². The number of aryl methyl sites for hydroxylation is 1. The molecule has 0 radical (unpaired) electrons. The van der Waals surface area contributed by atoms with Gasteiger partial charge in [-0.05, 0) is 58.9 Å². The number of piperazine rings is 1. The van der Waals surface area contributed by atoms with E-state index in [0.29, 0.717) is 23.2 Å². The lowest BCUT2D eigenvalue weighted by Gasteiger charge is -2.34. The van der Waals surface area contributed by atoms with E-state index < -0.39 is 0 Å². The zero-order valence-corrected chi connectivity index (χ0v) is 24.0. The Morgan fingerprint density at radius 3 is 2.17 bits per heavy atom. The van der Waals surface area contributed by atoms with Gasteiger partial charge in [-0.3, -0.25) is 14.4 Å². The van der Waals surface area contributed by atoms with Crippen molar-refractivity contribution >= 4 is 29.4 Å². The fourth-order valence-corrected chi connectivity index (χ4v) is 3.32. The highest BCUT2D eigenvalue weighted by molar-refractivity contribution is 6.07. The normalized spacial score (nSPS) is 16.5. The molecule has 1 amide bonds. The molecule has 2 N–H and O–H groups in total. The van der Waals surface area contributed by atoms with E-state index in [2.05, 4.69) is 36.1 Å². The Bertz CT molecular complexity index is 863. The van der Waals surface area contributed by atoms with Crippen molar-refractivity contribution in [2.75, 3.05) is 33.7 Å². The van der Waals surface area contributed by atoms with Crippen molar-refractivity contribution < 1.29 is 14.4 Å². The maximum absolute atomic E-state index is 11.3. The Hall–Kier alpha value is -2.51. The average molecular weight is 491 g/mol. The second kappa shape index (κ2) is 19.8. The minimum Gasteiger partial charge on any atom is -0.360 e. The number of ketones is 1. The van der Waals surface area contributed by atoms with Crippen LogP contribution in [0.25, 0.3) is 10.9 Å². The van der Waals surface area contributed by atoms with Crippen LogP contribution in [0.4, 0.5) is 0 Å². The molecule has 7 heteroatoms. The Morgan fingerprint density at radius 1 is 1.17 bits per heavy atom. The summed E-state index contributed by atoms with van der Waals surface area (Å²) in [5.74, 6) is 0.00181. The van der Waals surface area contributed by atoms with Gasteiger partial charge in [0.1, 0.15) is 6.29 Å². The van der Waals surface area contributed by atoms with E-state index in [1.165, 1.54) is 13.5 Å². The van der Waals surface area contributed by atoms with Crippen molar-refractivity contribution in [2.45, 2.75) is 80.8 Å². The zero-order valence-electron chi connectivity index (χ0n) is 24.0. The van der Waals surface area contributed by atoms with Gasteiger partial charge < -0.3 is 20.1 Å². The second-order valence-electron chi connectivity index (χ2n) is 8.31. The number of benzene rings is 1. The number of aromatic amines is 1. The summed E-state index contributed by atoms with van der Waals surface area (Å²) in [6.07, 6.45) is 4.37. The van der Waals surface area contributed by atoms with Crippen LogP contribution in [0.5, 0.6) is 0 Å². The van der Waals surface area contributed by atoms with E-state index in [0.717, 1.165) is 48.7 Å². The monoisotopic (exact) mass is 490 g/mol. The molecule has 0 spiro atoms. The molecule has 1 aliphatic heterocycles. The summed E-state index contributed by atoms with van der Waals surface area (Å²) in [5.41, 5.74) is 3.07. The van der Waals surface area contributed by atoms with E-state index >= 15 is 0 Å². The maximum atomic E-state index is 11.3. The minimum absolute atomic E-state index is 0.00181. The minimum atomic E-state index is 0.00181. The van der Waals surface area contributed by atoms with E-state index in [9.17, 15) is 14.4 Å². The van der Waals surface area contributed by atoms with Gasteiger partial charge in [0.2, 0.25) is 6.41 Å². The number of rotatable bonds is 5. The van der Waals surface area contributed by atoms with Gasteiger partial charge in [-0.15, -0.1) is 0 Å². The predicted octanol–water partition coefficient (Wildman–Crippen LogP) is 5.33. The molecule has 0 saturated carbocycles. The fourth-order valence-electron chi connectivity index (χ4n) is 3.32. The Labute approximate surface area is 213 Å². The van der Waals surface area contributed by atoms with Crippen molar-refractivity contribution in [2.24, 2.45) is 0 Å². The van der Waals surface area contributed by atoms with E-state index in [1.807, 2.05) is 47.6 Å². The molecule has 1 saturated heterocycles. The first kappa shape index (κ1) is 34.7. The molecule has 2 atom stereocenters. The molecular weight excluding hydrogens is 440 g/mol. The van der Waals surface area contributed by atoms with Crippen LogP contribution in [0.3, 0.4) is 0 Å². The highest BCUT2D eigenvalue weighted by atomic mass is 16.1. The molecule has 1 fully saturated rings. The lowest BCUT2D eigenvalue weighted by atomic mass is 10.0. The average Bonchev–Trinajstić information content (AvgIpc) is 3.27. The van der Waals surface area contributed by atoms with Gasteiger partial charge in [0.05, 0.1) is 0 Å². The van der Waals surface area contributed by atoms with Crippen LogP contribution in [0.2, 0.25) is 0 Å². The molecule has 3 rings (SSSR count). The molecule has 1 unspecified atom stereocenters. The highest BCUT2D eigenvalue weighted by Crippen LogP contribution is 2.22. The number of Topliss-reactive ketones (excluding diaryl/α,β-unsaturated/α-hetero) is 1. The van der Waals surface area contributed by atoms with Crippen molar-refractivity contribution in [3.8, 4) is 0 Å². The highest BCUT2D eigenvalue weighted by Gasteiger charge is 2.17. The van der Waals surface area contributed by atoms with Crippen LogP contribution >= 0.6 is 0 Å². The first-order chi connectivity index (χ1) is 16.6. The maximum Gasteiger partial charge on any atom is 0.209 e. The van der Waals surface area contributed by atoms with Crippen LogP contribution in [0, 0.1) is 6.92 Å². The van der Waals surface area contributed by atoms with Gasteiger partial charge in [0.25, 0.3) is 0 Å². The van der Waals surface area contributed by atoms with Crippen molar-refractivity contribution in [1.82, 2.24) is 20.1 Å². The molecule has 1 aromatic heterocycles. The standard InChI is InChI=1S/C12H11NO2.C7H16N2.C5H11NO.2C2H6/c1-7-3-12-10(4-9(7)6-14)11(5-13-12)8(2)15;1-6-5-9(3)7(2)4-8-6;1-3-4-6(2)5-7;2*1-2/h3-6,13H,1-2H3;6-8H,4-5H2,1-3H3;5H,3-4H2,1-2H3;2*1-2H3/t;6-,7?;;;/m.0.../s1. The predicted molar refractivity (Wildman–Crippen MR) is 150 cm³/mol.